The van der Waals surface area contributed by atoms with Crippen molar-refractivity contribution in [2.45, 2.75) is 71.9 Å². The van der Waals surface area contributed by atoms with E-state index >= 15 is 0 Å². The van der Waals surface area contributed by atoms with E-state index in [1.165, 1.54) is 41.4 Å². The highest BCUT2D eigenvalue weighted by atomic mass is 19.1. The minimum atomic E-state index is -0.577. The molecule has 1 aliphatic rings. The van der Waals surface area contributed by atoms with E-state index in [-0.39, 0.29) is 59.5 Å². The number of methoxy groups -OCH3 is 1. The van der Waals surface area contributed by atoms with Gasteiger partial charge in [0, 0.05) is 25.7 Å². The van der Waals surface area contributed by atoms with Crippen molar-refractivity contribution in [3.63, 3.8) is 0 Å². The molecular formula is C30H35F2N5O5. The number of aromatic nitrogens is 5. The fourth-order valence-electron chi connectivity index (χ4n) is 5.20. The quantitative estimate of drug-likeness (QED) is 0.252. The van der Waals surface area contributed by atoms with Crippen LogP contribution in [0.2, 0.25) is 0 Å². The molecule has 0 radical (unpaired) electrons. The van der Waals surface area contributed by atoms with Crippen LogP contribution in [0.1, 0.15) is 56.8 Å². The van der Waals surface area contributed by atoms with Gasteiger partial charge in [0.2, 0.25) is 5.88 Å². The molecule has 0 spiro atoms. The number of rotatable bonds is 10. The number of pyridine rings is 1. The van der Waals surface area contributed by atoms with Gasteiger partial charge in [0.1, 0.15) is 17.5 Å². The van der Waals surface area contributed by atoms with E-state index in [1.54, 1.807) is 16.7 Å². The number of fused-ring (bicyclic) bond motifs is 1. The maximum absolute atomic E-state index is 14.8. The molecule has 42 heavy (non-hydrogen) atoms. The molecule has 1 unspecified atom stereocenters. The Balaban J connectivity index is 1.66. The molecule has 3 aromatic heterocycles. The number of hydrogen-bond donors (Lipinski definition) is 0. The second kappa shape index (κ2) is 12.5. The molecule has 1 fully saturated rings. The molecule has 0 saturated carbocycles. The lowest BCUT2D eigenvalue weighted by molar-refractivity contribution is -0.163. The van der Waals surface area contributed by atoms with Gasteiger partial charge in [-0.1, -0.05) is 12.1 Å². The smallest absolute Gasteiger partial charge is 0.332 e. The minimum Gasteiger partial charge on any atom is -0.480 e. The SMILES string of the molecule is COc1nc(C)c(F)cc1-c1nc2c(c(=O)n(CCCOC3CCCCO3)c(=O)n2C(C)C)n1Cc1ccc(F)cc1. The third-order valence-electron chi connectivity index (χ3n) is 7.35. The van der Waals surface area contributed by atoms with Gasteiger partial charge in [0.15, 0.2) is 17.5 Å². The zero-order valence-electron chi connectivity index (χ0n) is 24.2. The van der Waals surface area contributed by atoms with Crippen molar-refractivity contribution in [3.05, 3.63) is 74.1 Å². The molecule has 10 nitrogen and oxygen atoms in total. The van der Waals surface area contributed by atoms with Crippen LogP contribution >= 0.6 is 0 Å². The second-order valence-corrected chi connectivity index (χ2v) is 10.7. The van der Waals surface area contributed by atoms with Crippen LogP contribution in [0.5, 0.6) is 5.88 Å². The summed E-state index contributed by atoms with van der Waals surface area (Å²) >= 11 is 0. The van der Waals surface area contributed by atoms with Crippen molar-refractivity contribution in [3.8, 4) is 17.3 Å². The van der Waals surface area contributed by atoms with E-state index in [4.69, 9.17) is 19.2 Å². The van der Waals surface area contributed by atoms with Crippen molar-refractivity contribution in [2.75, 3.05) is 20.3 Å². The molecule has 0 N–H and O–H groups in total. The Hall–Kier alpha value is -3.90. The summed E-state index contributed by atoms with van der Waals surface area (Å²) in [5.74, 6) is -0.672. The van der Waals surface area contributed by atoms with Crippen molar-refractivity contribution < 1.29 is 23.0 Å². The zero-order chi connectivity index (χ0) is 30.0. The summed E-state index contributed by atoms with van der Waals surface area (Å²) in [4.78, 5) is 36.7. The lowest BCUT2D eigenvalue weighted by Crippen LogP contribution is -2.41. The van der Waals surface area contributed by atoms with Gasteiger partial charge in [-0.05, 0) is 70.2 Å². The predicted molar refractivity (Wildman–Crippen MR) is 153 cm³/mol. The average molecular weight is 584 g/mol. The largest absolute Gasteiger partial charge is 0.480 e. The number of ether oxygens (including phenoxy) is 3. The molecule has 224 valence electrons. The van der Waals surface area contributed by atoms with E-state index in [1.807, 2.05) is 13.8 Å². The van der Waals surface area contributed by atoms with E-state index in [0.717, 1.165) is 19.3 Å². The number of imidazole rings is 1. The Morgan fingerprint density at radius 2 is 1.86 bits per heavy atom. The lowest BCUT2D eigenvalue weighted by atomic mass is 10.2. The molecule has 1 atom stereocenters. The molecule has 4 aromatic rings. The number of benzene rings is 1. The van der Waals surface area contributed by atoms with E-state index in [9.17, 15) is 18.4 Å². The second-order valence-electron chi connectivity index (χ2n) is 10.7. The van der Waals surface area contributed by atoms with Crippen LogP contribution in [0.3, 0.4) is 0 Å². The summed E-state index contributed by atoms with van der Waals surface area (Å²) in [6, 6.07) is 6.73. The molecule has 0 aliphatic carbocycles. The molecule has 1 saturated heterocycles. The van der Waals surface area contributed by atoms with Crippen LogP contribution < -0.4 is 16.0 Å². The number of aryl methyl sites for hydroxylation is 1. The first kappa shape index (κ1) is 29.6. The Kier molecular flexibility index (Phi) is 8.83. The van der Waals surface area contributed by atoms with Crippen LogP contribution in [0.4, 0.5) is 8.78 Å². The third kappa shape index (κ3) is 5.86. The third-order valence-corrected chi connectivity index (χ3v) is 7.35. The van der Waals surface area contributed by atoms with Crippen molar-refractivity contribution in [1.29, 1.82) is 0 Å². The van der Waals surface area contributed by atoms with Gasteiger partial charge in [0.25, 0.3) is 5.56 Å². The van der Waals surface area contributed by atoms with Gasteiger partial charge in [0.05, 0.1) is 25.0 Å². The van der Waals surface area contributed by atoms with Crippen molar-refractivity contribution in [2.24, 2.45) is 0 Å². The van der Waals surface area contributed by atoms with Crippen LogP contribution in [0, 0.1) is 18.6 Å². The minimum absolute atomic E-state index is 0.0957. The summed E-state index contributed by atoms with van der Waals surface area (Å²) in [6.07, 6.45) is 3.00. The van der Waals surface area contributed by atoms with Gasteiger partial charge in [-0.15, -0.1) is 0 Å². The monoisotopic (exact) mass is 583 g/mol. The molecule has 0 amide bonds. The Bertz CT molecular complexity index is 1690. The fourth-order valence-corrected chi connectivity index (χ4v) is 5.20. The molecule has 5 rings (SSSR count). The molecule has 12 heteroatoms. The summed E-state index contributed by atoms with van der Waals surface area (Å²) in [5.41, 5.74) is 0.291. The average Bonchev–Trinajstić information content (AvgIpc) is 3.33. The fraction of sp³-hybridized carbons (Fsp3) is 0.467. The zero-order valence-corrected chi connectivity index (χ0v) is 24.2. The first-order valence-electron chi connectivity index (χ1n) is 14.1. The molecule has 1 aromatic carbocycles. The van der Waals surface area contributed by atoms with Crippen LogP contribution in [0.15, 0.2) is 39.9 Å². The number of nitrogens with zero attached hydrogens (tertiary/aromatic N) is 5. The van der Waals surface area contributed by atoms with Crippen LogP contribution in [0.25, 0.3) is 22.6 Å². The number of hydrogen-bond acceptors (Lipinski definition) is 7. The normalized spacial score (nSPS) is 15.5. The van der Waals surface area contributed by atoms with E-state index in [0.29, 0.717) is 25.2 Å². The van der Waals surface area contributed by atoms with Gasteiger partial charge in [-0.3, -0.25) is 13.9 Å². The van der Waals surface area contributed by atoms with Crippen LogP contribution in [-0.2, 0) is 22.6 Å². The maximum atomic E-state index is 14.8. The summed E-state index contributed by atoms with van der Waals surface area (Å²) in [5, 5.41) is 0. The molecule has 0 bridgehead atoms. The van der Waals surface area contributed by atoms with Crippen molar-refractivity contribution >= 4 is 11.2 Å². The summed E-state index contributed by atoms with van der Waals surface area (Å²) < 4.78 is 49.7. The van der Waals surface area contributed by atoms with Crippen molar-refractivity contribution in [1.82, 2.24) is 23.7 Å². The Labute approximate surface area is 241 Å². The first-order valence-corrected chi connectivity index (χ1v) is 14.1. The topological polar surface area (TPSA) is 102 Å². The molecule has 4 heterocycles. The van der Waals surface area contributed by atoms with Gasteiger partial charge in [-0.25, -0.2) is 23.5 Å². The van der Waals surface area contributed by atoms with E-state index in [2.05, 4.69) is 4.98 Å². The predicted octanol–water partition coefficient (Wildman–Crippen LogP) is 4.58. The van der Waals surface area contributed by atoms with Gasteiger partial charge in [-0.2, -0.15) is 0 Å². The Morgan fingerprint density at radius 3 is 2.52 bits per heavy atom. The standard InChI is InChI=1S/C30H35F2N5O5/c1-18(2)37-27-25(29(38)35(30(37)39)13-7-15-42-24-8-5-6-14-41-24)36(17-20-9-11-21(31)12-10-20)26(34-27)22-16-23(32)19(3)33-28(22)40-4/h9-12,16,18,24H,5-8,13-15,17H2,1-4H3. The first-order chi connectivity index (χ1) is 20.2. The maximum Gasteiger partial charge on any atom is 0.332 e. The Morgan fingerprint density at radius 1 is 1.10 bits per heavy atom. The van der Waals surface area contributed by atoms with Crippen LogP contribution in [-0.4, -0.2) is 50.3 Å². The number of halogens is 2. The summed E-state index contributed by atoms with van der Waals surface area (Å²) in [7, 11) is 1.41. The van der Waals surface area contributed by atoms with Gasteiger partial charge < -0.3 is 18.8 Å². The highest BCUT2D eigenvalue weighted by Crippen LogP contribution is 2.32. The van der Waals surface area contributed by atoms with Gasteiger partial charge >= 0.3 is 5.69 Å². The highest BCUT2D eigenvalue weighted by molar-refractivity contribution is 5.79. The molecule has 1 aliphatic heterocycles. The molecular weight excluding hydrogens is 548 g/mol. The lowest BCUT2D eigenvalue weighted by Gasteiger charge is -2.22. The summed E-state index contributed by atoms with van der Waals surface area (Å²) in [6.45, 7) is 6.36. The highest BCUT2D eigenvalue weighted by Gasteiger charge is 2.26. The van der Waals surface area contributed by atoms with E-state index < -0.39 is 22.9 Å².